The van der Waals surface area contributed by atoms with Crippen molar-refractivity contribution in [1.82, 2.24) is 24.9 Å². The molecule has 1 aromatic heterocycles. The molecule has 2 aromatic rings. The number of ether oxygens (including phenoxy) is 2. The molecule has 9 nitrogen and oxygen atoms in total. The topological polar surface area (TPSA) is 88.9 Å². The molecule has 1 aliphatic rings. The Bertz CT molecular complexity index is 846. The highest BCUT2D eigenvalue weighted by molar-refractivity contribution is 5.96. The summed E-state index contributed by atoms with van der Waals surface area (Å²) in [7, 11) is 3.27. The summed E-state index contributed by atoms with van der Waals surface area (Å²) in [5.41, 5.74) is 0.480. The van der Waals surface area contributed by atoms with Gasteiger partial charge < -0.3 is 19.7 Å². The molecule has 162 valence electrons. The van der Waals surface area contributed by atoms with Gasteiger partial charge >= 0.3 is 0 Å². The normalized spacial score (nSPS) is 15.5. The minimum Gasteiger partial charge on any atom is -0.481 e. The van der Waals surface area contributed by atoms with E-state index in [0.29, 0.717) is 36.8 Å². The Balaban J connectivity index is 1.38. The largest absolute Gasteiger partial charge is 0.481 e. The third kappa shape index (κ3) is 5.50. The van der Waals surface area contributed by atoms with Crippen molar-refractivity contribution in [3.05, 3.63) is 42.1 Å². The Kier molecular flexibility index (Phi) is 7.29. The molecule has 2 heterocycles. The molecule has 2 amide bonds. The molecule has 1 atom stereocenters. The monoisotopic (exact) mass is 415 g/mol. The van der Waals surface area contributed by atoms with E-state index in [-0.39, 0.29) is 11.8 Å². The van der Waals surface area contributed by atoms with E-state index >= 15 is 0 Å². The van der Waals surface area contributed by atoms with Gasteiger partial charge in [-0.25, -0.2) is 0 Å². The second-order valence-corrected chi connectivity index (χ2v) is 7.22. The van der Waals surface area contributed by atoms with Gasteiger partial charge in [-0.2, -0.15) is 0 Å². The summed E-state index contributed by atoms with van der Waals surface area (Å²) in [4.78, 5) is 29.0. The lowest BCUT2D eigenvalue weighted by Gasteiger charge is -2.34. The van der Waals surface area contributed by atoms with Gasteiger partial charge in [0.25, 0.3) is 11.8 Å². The van der Waals surface area contributed by atoms with Crippen molar-refractivity contribution in [2.24, 2.45) is 7.05 Å². The first-order valence-corrected chi connectivity index (χ1v) is 10.1. The summed E-state index contributed by atoms with van der Waals surface area (Å²) >= 11 is 0. The average Bonchev–Trinajstić information content (AvgIpc) is 3.15. The predicted octanol–water partition coefficient (Wildman–Crippen LogP) is 0.770. The van der Waals surface area contributed by atoms with Gasteiger partial charge in [0.2, 0.25) is 5.88 Å². The number of para-hydroxylation sites is 1. The highest BCUT2D eigenvalue weighted by atomic mass is 16.5. The molecule has 0 aliphatic carbocycles. The fourth-order valence-electron chi connectivity index (χ4n) is 3.35. The van der Waals surface area contributed by atoms with Crippen LogP contribution < -0.4 is 14.8 Å². The van der Waals surface area contributed by atoms with Crippen LogP contribution in [0.3, 0.4) is 0 Å². The molecule has 1 unspecified atom stereocenters. The second-order valence-electron chi connectivity index (χ2n) is 7.22. The van der Waals surface area contributed by atoms with Crippen LogP contribution in [0.2, 0.25) is 0 Å². The third-order valence-corrected chi connectivity index (χ3v) is 5.03. The first-order chi connectivity index (χ1) is 14.5. The van der Waals surface area contributed by atoms with E-state index in [1.807, 2.05) is 35.2 Å². The number of aryl methyl sites for hydroxylation is 1. The van der Waals surface area contributed by atoms with Gasteiger partial charge in [-0.1, -0.05) is 18.2 Å². The van der Waals surface area contributed by atoms with Crippen LogP contribution in [-0.4, -0.2) is 83.9 Å². The van der Waals surface area contributed by atoms with Crippen molar-refractivity contribution in [3.8, 4) is 11.6 Å². The number of aromatic nitrogens is 2. The molecule has 0 saturated carbocycles. The van der Waals surface area contributed by atoms with Crippen LogP contribution in [0, 0.1) is 0 Å². The number of amides is 2. The quantitative estimate of drug-likeness (QED) is 0.685. The van der Waals surface area contributed by atoms with Crippen LogP contribution in [0.15, 0.2) is 36.5 Å². The zero-order valence-corrected chi connectivity index (χ0v) is 17.7. The standard InChI is InChI=1S/C21H29N5O4/c1-16(30-17-7-5-4-6-8-17)19(27)22-9-10-25-11-13-26(14-12-25)21(28)18-15-24(2)23-20(18)29-3/h4-8,15-16H,9-14H2,1-3H3,(H,22,27). The van der Waals surface area contributed by atoms with E-state index in [4.69, 9.17) is 9.47 Å². The molecule has 1 N–H and O–H groups in total. The number of nitrogens with one attached hydrogen (secondary N) is 1. The zero-order chi connectivity index (χ0) is 21.5. The van der Waals surface area contributed by atoms with E-state index in [0.717, 1.165) is 19.6 Å². The van der Waals surface area contributed by atoms with E-state index in [1.54, 1.807) is 24.9 Å². The van der Waals surface area contributed by atoms with Crippen molar-refractivity contribution in [3.63, 3.8) is 0 Å². The molecule has 0 bridgehead atoms. The lowest BCUT2D eigenvalue weighted by atomic mass is 10.2. The molecule has 1 aromatic carbocycles. The van der Waals surface area contributed by atoms with Gasteiger partial charge in [-0.05, 0) is 19.1 Å². The summed E-state index contributed by atoms with van der Waals surface area (Å²) in [6.45, 7) is 5.74. The fourth-order valence-corrected chi connectivity index (χ4v) is 3.35. The highest BCUT2D eigenvalue weighted by Crippen LogP contribution is 2.18. The molecule has 1 aliphatic heterocycles. The number of carbonyl (C=O) groups excluding carboxylic acids is 2. The number of methoxy groups -OCH3 is 1. The van der Waals surface area contributed by atoms with Gasteiger partial charge in [-0.3, -0.25) is 19.2 Å². The average molecular weight is 415 g/mol. The number of hydrogen-bond donors (Lipinski definition) is 1. The smallest absolute Gasteiger partial charge is 0.261 e. The first-order valence-electron chi connectivity index (χ1n) is 10.1. The summed E-state index contributed by atoms with van der Waals surface area (Å²) in [6, 6.07) is 9.29. The number of carbonyl (C=O) groups is 2. The maximum absolute atomic E-state index is 12.7. The summed E-state index contributed by atoms with van der Waals surface area (Å²) < 4.78 is 12.4. The van der Waals surface area contributed by atoms with Crippen molar-refractivity contribution >= 4 is 11.8 Å². The second kappa shape index (κ2) is 10.1. The minimum atomic E-state index is -0.559. The van der Waals surface area contributed by atoms with Crippen LogP contribution in [0.1, 0.15) is 17.3 Å². The van der Waals surface area contributed by atoms with Gasteiger partial charge in [0, 0.05) is 52.5 Å². The van der Waals surface area contributed by atoms with Gasteiger partial charge in [-0.15, -0.1) is 5.10 Å². The molecule has 1 fully saturated rings. The third-order valence-electron chi connectivity index (χ3n) is 5.03. The number of benzene rings is 1. The van der Waals surface area contributed by atoms with Gasteiger partial charge in [0.1, 0.15) is 11.3 Å². The van der Waals surface area contributed by atoms with E-state index < -0.39 is 6.10 Å². The Morgan fingerprint density at radius 1 is 1.17 bits per heavy atom. The Hall–Kier alpha value is -3.07. The lowest BCUT2D eigenvalue weighted by Crippen LogP contribution is -2.50. The molecule has 0 radical (unpaired) electrons. The molecule has 0 spiro atoms. The van der Waals surface area contributed by atoms with Crippen molar-refractivity contribution in [2.75, 3.05) is 46.4 Å². The lowest BCUT2D eigenvalue weighted by molar-refractivity contribution is -0.127. The molecule has 9 heteroatoms. The molecule has 30 heavy (non-hydrogen) atoms. The van der Waals surface area contributed by atoms with Gasteiger partial charge in [0.05, 0.1) is 7.11 Å². The first kappa shape index (κ1) is 21.6. The molecular weight excluding hydrogens is 386 g/mol. The Morgan fingerprint density at radius 3 is 2.53 bits per heavy atom. The van der Waals surface area contributed by atoms with Crippen LogP contribution in [-0.2, 0) is 11.8 Å². The maximum Gasteiger partial charge on any atom is 0.261 e. The van der Waals surface area contributed by atoms with Crippen molar-refractivity contribution in [1.29, 1.82) is 0 Å². The van der Waals surface area contributed by atoms with Crippen LogP contribution in [0.5, 0.6) is 11.6 Å². The van der Waals surface area contributed by atoms with E-state index in [2.05, 4.69) is 15.3 Å². The Morgan fingerprint density at radius 2 is 1.87 bits per heavy atom. The number of piperazine rings is 1. The van der Waals surface area contributed by atoms with Crippen LogP contribution in [0.4, 0.5) is 0 Å². The van der Waals surface area contributed by atoms with Crippen LogP contribution >= 0.6 is 0 Å². The molecule has 1 saturated heterocycles. The maximum atomic E-state index is 12.7. The number of hydrogen-bond acceptors (Lipinski definition) is 6. The van der Waals surface area contributed by atoms with Gasteiger partial charge in [0.15, 0.2) is 6.10 Å². The van der Waals surface area contributed by atoms with Crippen molar-refractivity contribution < 1.29 is 19.1 Å². The Labute approximate surface area is 176 Å². The van der Waals surface area contributed by atoms with Crippen molar-refractivity contribution in [2.45, 2.75) is 13.0 Å². The predicted molar refractivity (Wildman–Crippen MR) is 112 cm³/mol. The minimum absolute atomic E-state index is 0.0696. The summed E-state index contributed by atoms with van der Waals surface area (Å²) in [5.74, 6) is 0.807. The SMILES string of the molecule is COc1nn(C)cc1C(=O)N1CCN(CCNC(=O)C(C)Oc2ccccc2)CC1. The fraction of sp³-hybridized carbons (Fsp3) is 0.476. The molecular formula is C21H29N5O4. The van der Waals surface area contributed by atoms with E-state index in [9.17, 15) is 9.59 Å². The van der Waals surface area contributed by atoms with E-state index in [1.165, 1.54) is 7.11 Å². The highest BCUT2D eigenvalue weighted by Gasteiger charge is 2.26. The summed E-state index contributed by atoms with van der Waals surface area (Å²) in [5, 5.41) is 7.06. The molecule has 3 rings (SSSR count). The zero-order valence-electron chi connectivity index (χ0n) is 17.7. The summed E-state index contributed by atoms with van der Waals surface area (Å²) in [6.07, 6.45) is 1.12. The number of rotatable bonds is 8. The number of nitrogens with zero attached hydrogens (tertiary/aromatic N) is 4. The van der Waals surface area contributed by atoms with Crippen LogP contribution in [0.25, 0.3) is 0 Å².